The minimum absolute atomic E-state index is 0.425. The highest BCUT2D eigenvalue weighted by Gasteiger charge is 2.83. The van der Waals surface area contributed by atoms with Gasteiger partial charge in [-0.2, -0.15) is 17.2 Å². The fourth-order valence-electron chi connectivity index (χ4n) is 2.46. The second kappa shape index (κ2) is 8.27. The van der Waals surface area contributed by atoms with E-state index in [0.717, 1.165) is 0 Å². The molecule has 9 nitrogen and oxygen atoms in total. The molecule has 1 aliphatic heterocycles. The Balaban J connectivity index is 3.63. The van der Waals surface area contributed by atoms with Gasteiger partial charge in [0, 0.05) is 0 Å². The van der Waals surface area contributed by atoms with Gasteiger partial charge < -0.3 is 28.9 Å². The van der Waals surface area contributed by atoms with Crippen molar-refractivity contribution in [3.05, 3.63) is 0 Å². The predicted molar refractivity (Wildman–Crippen MR) is 118 cm³/mol. The number of aliphatic hydroxyl groups excluding tert-OH is 1. The standard InChI is InChI=1S/C18H38F2O9SSi2/c1-14(2,3)31(8,9)27-13(21)12-16(22,29-32(10,11)15(4,5)6)17(19,20)18(23,26-12)28-30(7,24)25/h12-13,21-23H,1-11H3/t12-,13?,16+,18-/m1/s1. The van der Waals surface area contributed by atoms with Gasteiger partial charge in [-0.15, -0.1) is 0 Å². The van der Waals surface area contributed by atoms with E-state index < -0.39 is 66.9 Å². The summed E-state index contributed by atoms with van der Waals surface area (Å²) in [4.78, 5) is 0. The van der Waals surface area contributed by atoms with E-state index in [9.17, 15) is 23.7 Å². The topological polar surface area (TPSA) is 132 Å². The molecule has 0 aromatic carbocycles. The highest BCUT2D eigenvalue weighted by atomic mass is 32.2. The minimum Gasteiger partial charge on any atom is -0.390 e. The molecule has 0 aromatic rings. The molecule has 0 radical (unpaired) electrons. The van der Waals surface area contributed by atoms with Gasteiger partial charge in [-0.05, 0) is 36.3 Å². The van der Waals surface area contributed by atoms with Gasteiger partial charge in [-0.1, -0.05) is 41.5 Å². The van der Waals surface area contributed by atoms with Gasteiger partial charge in [0.2, 0.25) is 0 Å². The Morgan fingerprint density at radius 3 is 1.72 bits per heavy atom. The molecule has 1 unspecified atom stereocenters. The van der Waals surface area contributed by atoms with Crippen LogP contribution in [0.4, 0.5) is 8.78 Å². The molecule has 192 valence electrons. The summed E-state index contributed by atoms with van der Waals surface area (Å²) >= 11 is 0. The summed E-state index contributed by atoms with van der Waals surface area (Å²) in [6, 6.07) is 0. The molecule has 14 heteroatoms. The van der Waals surface area contributed by atoms with Gasteiger partial charge in [0.15, 0.2) is 29.0 Å². The lowest BCUT2D eigenvalue weighted by Crippen LogP contribution is -2.66. The monoisotopic (exact) mass is 524 g/mol. The number of rotatable bonds is 7. The largest absolute Gasteiger partial charge is 0.390 e. The van der Waals surface area contributed by atoms with Crippen LogP contribution in [0.25, 0.3) is 0 Å². The van der Waals surface area contributed by atoms with Crippen LogP contribution in [-0.2, 0) is 27.9 Å². The van der Waals surface area contributed by atoms with E-state index in [1.807, 2.05) is 20.8 Å². The average Bonchev–Trinajstić information content (AvgIpc) is 2.60. The number of alkyl halides is 2. The summed E-state index contributed by atoms with van der Waals surface area (Å²) in [5.41, 5.74) is 0. The molecule has 1 fully saturated rings. The Hall–Kier alpha value is -0.0362. The second-order valence-corrected chi connectivity index (χ2v) is 22.4. The first kappa shape index (κ1) is 30.0. The van der Waals surface area contributed by atoms with Crippen LogP contribution in [0.5, 0.6) is 0 Å². The summed E-state index contributed by atoms with van der Waals surface area (Å²) in [6.07, 6.45) is -4.17. The quantitative estimate of drug-likeness (QED) is 0.261. The van der Waals surface area contributed by atoms with Gasteiger partial charge in [0.25, 0.3) is 15.9 Å². The fourth-order valence-corrected chi connectivity index (χ4v) is 5.43. The van der Waals surface area contributed by atoms with E-state index in [1.54, 1.807) is 47.0 Å². The maximum Gasteiger partial charge on any atom is 0.382 e. The molecule has 0 spiro atoms. The van der Waals surface area contributed by atoms with Crippen LogP contribution in [0.2, 0.25) is 36.3 Å². The zero-order chi connectivity index (χ0) is 26.0. The summed E-state index contributed by atoms with van der Waals surface area (Å²) in [7, 11) is -10.7. The Morgan fingerprint density at radius 1 is 0.969 bits per heavy atom. The third-order valence-corrected chi connectivity index (χ3v) is 15.9. The van der Waals surface area contributed by atoms with Crippen molar-refractivity contribution >= 4 is 26.8 Å². The van der Waals surface area contributed by atoms with Crippen molar-refractivity contribution in [2.45, 2.75) is 108 Å². The van der Waals surface area contributed by atoms with Gasteiger partial charge in [0.1, 0.15) is 0 Å². The van der Waals surface area contributed by atoms with Crippen LogP contribution in [0, 0.1) is 0 Å². The van der Waals surface area contributed by atoms with Crippen LogP contribution in [0.3, 0.4) is 0 Å². The van der Waals surface area contributed by atoms with E-state index >= 15 is 8.78 Å². The van der Waals surface area contributed by atoms with Crippen LogP contribution in [0.1, 0.15) is 41.5 Å². The zero-order valence-electron chi connectivity index (χ0n) is 20.6. The van der Waals surface area contributed by atoms with Crippen molar-refractivity contribution in [3.63, 3.8) is 0 Å². The van der Waals surface area contributed by atoms with E-state index in [2.05, 4.69) is 4.18 Å². The maximum atomic E-state index is 15.5. The molecular weight excluding hydrogens is 486 g/mol. The first-order chi connectivity index (χ1) is 13.6. The van der Waals surface area contributed by atoms with Gasteiger partial charge in [-0.3, -0.25) is 0 Å². The van der Waals surface area contributed by atoms with Crippen LogP contribution in [-0.4, -0.2) is 76.7 Å². The van der Waals surface area contributed by atoms with Crippen LogP contribution in [0.15, 0.2) is 0 Å². The molecule has 1 heterocycles. The lowest BCUT2D eigenvalue weighted by Gasteiger charge is -2.46. The number of aliphatic hydroxyl groups is 3. The number of ether oxygens (including phenoxy) is 1. The smallest absolute Gasteiger partial charge is 0.382 e. The van der Waals surface area contributed by atoms with Crippen molar-refractivity contribution in [1.82, 2.24) is 0 Å². The fraction of sp³-hybridized carbons (Fsp3) is 1.00. The van der Waals surface area contributed by atoms with Crippen LogP contribution >= 0.6 is 0 Å². The summed E-state index contributed by atoms with van der Waals surface area (Å²) in [5.74, 6) is -12.6. The third-order valence-electron chi connectivity index (χ3n) is 6.48. The Kier molecular flexibility index (Phi) is 7.76. The molecule has 0 aliphatic carbocycles. The molecule has 32 heavy (non-hydrogen) atoms. The molecule has 0 saturated carbocycles. The van der Waals surface area contributed by atoms with Crippen molar-refractivity contribution in [2.75, 3.05) is 6.26 Å². The second-order valence-electron chi connectivity index (χ2n) is 11.3. The summed E-state index contributed by atoms with van der Waals surface area (Å²) in [5, 5.41) is 31.2. The number of hydrogen-bond donors (Lipinski definition) is 3. The number of hydrogen-bond acceptors (Lipinski definition) is 9. The van der Waals surface area contributed by atoms with Gasteiger partial charge >= 0.3 is 11.9 Å². The lowest BCUT2D eigenvalue weighted by molar-refractivity contribution is -0.397. The summed E-state index contributed by atoms with van der Waals surface area (Å²) in [6.45, 7) is 17.2. The Bertz CT molecular complexity index is 808. The SMILES string of the molecule is CC(C)(C)[Si](C)(C)OC(O)[C@H]1O[C@@](O)(OS(C)(=O)=O)C(F)(F)[C@@]1(O)O[Si](C)(C)C(C)(C)C. The minimum atomic E-state index is -4.83. The van der Waals surface area contributed by atoms with Gasteiger partial charge in [-0.25, -0.2) is 4.18 Å². The average molecular weight is 525 g/mol. The molecule has 1 rings (SSSR count). The van der Waals surface area contributed by atoms with E-state index in [0.29, 0.717) is 6.26 Å². The van der Waals surface area contributed by atoms with Crippen molar-refractivity contribution < 1.29 is 50.3 Å². The van der Waals surface area contributed by atoms with Crippen molar-refractivity contribution in [3.8, 4) is 0 Å². The highest BCUT2D eigenvalue weighted by molar-refractivity contribution is 7.86. The van der Waals surface area contributed by atoms with Crippen LogP contribution < -0.4 is 0 Å². The maximum absolute atomic E-state index is 15.5. The van der Waals surface area contributed by atoms with E-state index in [4.69, 9.17) is 13.6 Å². The normalized spacial score (nSPS) is 31.1. The molecule has 4 atom stereocenters. The zero-order valence-corrected chi connectivity index (χ0v) is 23.4. The molecule has 1 saturated heterocycles. The van der Waals surface area contributed by atoms with E-state index in [1.165, 1.54) is 0 Å². The predicted octanol–water partition coefficient (Wildman–Crippen LogP) is 2.69. The Labute approximate surface area is 191 Å². The molecule has 0 amide bonds. The molecule has 0 bridgehead atoms. The first-order valence-corrected chi connectivity index (χ1v) is 17.7. The Morgan fingerprint density at radius 2 is 1.38 bits per heavy atom. The highest BCUT2D eigenvalue weighted by Crippen LogP contribution is 2.55. The number of halogens is 2. The van der Waals surface area contributed by atoms with E-state index in [-0.39, 0.29) is 0 Å². The lowest BCUT2D eigenvalue weighted by atomic mass is 10.0. The van der Waals surface area contributed by atoms with Crippen molar-refractivity contribution in [1.29, 1.82) is 0 Å². The van der Waals surface area contributed by atoms with Crippen molar-refractivity contribution in [2.24, 2.45) is 0 Å². The first-order valence-electron chi connectivity index (χ1n) is 10.1. The van der Waals surface area contributed by atoms with Gasteiger partial charge in [0.05, 0.1) is 6.26 Å². The third kappa shape index (κ3) is 5.44. The summed E-state index contributed by atoms with van der Waals surface area (Å²) < 4.78 is 74.4. The molecule has 0 aromatic heterocycles. The molecular formula is C18H38F2O9SSi2. The molecule has 1 aliphatic rings. The molecule has 3 N–H and O–H groups in total.